The fourth-order valence-electron chi connectivity index (χ4n) is 2.47. The highest BCUT2D eigenvalue weighted by molar-refractivity contribution is 7.89. The van der Waals surface area contributed by atoms with Crippen molar-refractivity contribution in [2.45, 2.75) is 30.7 Å². The Balaban J connectivity index is 2.35. The van der Waals surface area contributed by atoms with Gasteiger partial charge in [0, 0.05) is 19.7 Å². The van der Waals surface area contributed by atoms with Crippen molar-refractivity contribution < 1.29 is 13.2 Å². The standard InChI is InChI=1S/C14H23N3O3S/c1-11(12-7-8-12)17(9-10-20-2)21(18,19)14-6-4-3-5-13(14)16-15/h3-6,11-12,16H,7-10,15H2,1-2H3. The Labute approximate surface area is 126 Å². The van der Waals surface area contributed by atoms with E-state index in [1.165, 1.54) is 4.31 Å². The summed E-state index contributed by atoms with van der Waals surface area (Å²) in [6.07, 6.45) is 2.16. The summed E-state index contributed by atoms with van der Waals surface area (Å²) in [6.45, 7) is 2.67. The topological polar surface area (TPSA) is 84.7 Å². The van der Waals surface area contributed by atoms with Crippen LogP contribution in [0.25, 0.3) is 0 Å². The number of nitrogen functional groups attached to an aromatic ring is 1. The van der Waals surface area contributed by atoms with Gasteiger partial charge in [-0.2, -0.15) is 4.31 Å². The van der Waals surface area contributed by atoms with Crippen LogP contribution in [-0.4, -0.2) is 39.0 Å². The maximum absolute atomic E-state index is 13.0. The summed E-state index contributed by atoms with van der Waals surface area (Å²) in [5, 5.41) is 0. The summed E-state index contributed by atoms with van der Waals surface area (Å²) < 4.78 is 32.5. The van der Waals surface area contributed by atoms with E-state index in [1.807, 2.05) is 6.92 Å². The first-order chi connectivity index (χ1) is 10.0. The zero-order chi connectivity index (χ0) is 15.5. The number of rotatable bonds is 8. The van der Waals surface area contributed by atoms with Gasteiger partial charge in [-0.25, -0.2) is 8.42 Å². The van der Waals surface area contributed by atoms with Crippen molar-refractivity contribution in [1.82, 2.24) is 4.31 Å². The molecule has 1 atom stereocenters. The lowest BCUT2D eigenvalue weighted by atomic mass is 10.2. The maximum Gasteiger partial charge on any atom is 0.245 e. The summed E-state index contributed by atoms with van der Waals surface area (Å²) in [5.41, 5.74) is 2.86. The molecule has 1 aliphatic rings. The van der Waals surface area contributed by atoms with Gasteiger partial charge in [-0.15, -0.1) is 0 Å². The van der Waals surface area contributed by atoms with E-state index in [4.69, 9.17) is 10.6 Å². The molecule has 3 N–H and O–H groups in total. The van der Waals surface area contributed by atoms with Gasteiger partial charge in [-0.3, -0.25) is 5.84 Å². The number of sulfonamides is 1. The Kier molecular flexibility index (Phi) is 5.21. The smallest absolute Gasteiger partial charge is 0.245 e. The molecule has 0 amide bonds. The number of nitrogens with zero attached hydrogens (tertiary/aromatic N) is 1. The van der Waals surface area contributed by atoms with E-state index in [0.717, 1.165) is 12.8 Å². The highest BCUT2D eigenvalue weighted by atomic mass is 32.2. The summed E-state index contributed by atoms with van der Waals surface area (Å²) >= 11 is 0. The Bertz CT molecular complexity index is 573. The second kappa shape index (κ2) is 6.74. The number of hydrogen-bond donors (Lipinski definition) is 2. The van der Waals surface area contributed by atoms with E-state index in [9.17, 15) is 8.42 Å². The summed E-state index contributed by atoms with van der Waals surface area (Å²) in [7, 11) is -2.04. The molecule has 1 aromatic rings. The molecule has 1 fully saturated rings. The van der Waals surface area contributed by atoms with Crippen molar-refractivity contribution in [3.8, 4) is 0 Å². The molecule has 0 heterocycles. The van der Waals surface area contributed by atoms with E-state index in [0.29, 0.717) is 24.8 Å². The SMILES string of the molecule is COCCN(C(C)C1CC1)S(=O)(=O)c1ccccc1NN. The third kappa shape index (κ3) is 3.55. The molecule has 2 rings (SSSR count). The van der Waals surface area contributed by atoms with E-state index in [2.05, 4.69) is 5.43 Å². The minimum absolute atomic E-state index is 0.0315. The normalized spacial score (nSPS) is 17.0. The number of hydrogen-bond acceptors (Lipinski definition) is 5. The number of hydrazine groups is 1. The van der Waals surface area contributed by atoms with Gasteiger partial charge < -0.3 is 10.2 Å². The Hall–Kier alpha value is -1.15. The first-order valence-corrected chi connectivity index (χ1v) is 8.52. The second-order valence-corrected chi connectivity index (χ2v) is 7.19. The van der Waals surface area contributed by atoms with Gasteiger partial charge in [0.05, 0.1) is 12.3 Å². The average Bonchev–Trinajstić information content (AvgIpc) is 3.31. The van der Waals surface area contributed by atoms with Crippen LogP contribution in [0, 0.1) is 5.92 Å². The van der Waals surface area contributed by atoms with Crippen molar-refractivity contribution in [2.24, 2.45) is 11.8 Å². The maximum atomic E-state index is 13.0. The Morgan fingerprint density at radius 3 is 2.67 bits per heavy atom. The van der Waals surface area contributed by atoms with Crippen molar-refractivity contribution in [3.05, 3.63) is 24.3 Å². The van der Waals surface area contributed by atoms with Crippen molar-refractivity contribution >= 4 is 15.7 Å². The predicted molar refractivity (Wildman–Crippen MR) is 82.2 cm³/mol. The molecule has 118 valence electrons. The molecular weight excluding hydrogens is 290 g/mol. The number of ether oxygens (including phenoxy) is 1. The molecule has 0 spiro atoms. The van der Waals surface area contributed by atoms with Crippen molar-refractivity contribution in [3.63, 3.8) is 0 Å². The molecule has 0 radical (unpaired) electrons. The minimum atomic E-state index is -3.61. The van der Waals surface area contributed by atoms with E-state index in [-0.39, 0.29) is 10.9 Å². The zero-order valence-electron chi connectivity index (χ0n) is 12.5. The zero-order valence-corrected chi connectivity index (χ0v) is 13.3. The number of anilines is 1. The third-order valence-electron chi connectivity index (χ3n) is 3.90. The molecule has 1 aromatic carbocycles. The number of nitrogens with one attached hydrogen (secondary N) is 1. The number of para-hydroxylation sites is 1. The van der Waals surface area contributed by atoms with Crippen LogP contribution in [0.3, 0.4) is 0 Å². The van der Waals surface area contributed by atoms with Gasteiger partial charge in [0.15, 0.2) is 0 Å². The van der Waals surface area contributed by atoms with Gasteiger partial charge in [-0.1, -0.05) is 12.1 Å². The minimum Gasteiger partial charge on any atom is -0.383 e. The molecule has 6 nitrogen and oxygen atoms in total. The summed E-state index contributed by atoms with van der Waals surface area (Å²) in [4.78, 5) is 0.205. The Morgan fingerprint density at radius 2 is 2.10 bits per heavy atom. The molecule has 1 aliphatic carbocycles. The first kappa shape index (κ1) is 16.2. The van der Waals surface area contributed by atoms with Crippen LogP contribution < -0.4 is 11.3 Å². The van der Waals surface area contributed by atoms with E-state index >= 15 is 0 Å². The largest absolute Gasteiger partial charge is 0.383 e. The van der Waals surface area contributed by atoms with Crippen LogP contribution in [0.5, 0.6) is 0 Å². The molecule has 0 saturated heterocycles. The fraction of sp³-hybridized carbons (Fsp3) is 0.571. The van der Waals surface area contributed by atoms with Crippen LogP contribution in [0.15, 0.2) is 29.2 Å². The molecule has 0 aromatic heterocycles. The lowest BCUT2D eigenvalue weighted by molar-refractivity contribution is 0.164. The highest BCUT2D eigenvalue weighted by Gasteiger charge is 2.38. The highest BCUT2D eigenvalue weighted by Crippen LogP contribution is 2.37. The van der Waals surface area contributed by atoms with Gasteiger partial charge in [0.2, 0.25) is 10.0 Å². The molecular formula is C14H23N3O3S. The molecule has 0 aliphatic heterocycles. The van der Waals surface area contributed by atoms with Crippen LogP contribution in [0.2, 0.25) is 0 Å². The lowest BCUT2D eigenvalue weighted by Gasteiger charge is -2.29. The fourth-order valence-corrected chi connectivity index (χ4v) is 4.31. The van der Waals surface area contributed by atoms with Gasteiger partial charge in [0.25, 0.3) is 0 Å². The number of benzene rings is 1. The molecule has 21 heavy (non-hydrogen) atoms. The van der Waals surface area contributed by atoms with Crippen molar-refractivity contribution in [1.29, 1.82) is 0 Å². The first-order valence-electron chi connectivity index (χ1n) is 7.08. The van der Waals surface area contributed by atoms with Crippen LogP contribution in [0.4, 0.5) is 5.69 Å². The van der Waals surface area contributed by atoms with Gasteiger partial charge >= 0.3 is 0 Å². The van der Waals surface area contributed by atoms with Gasteiger partial charge in [-0.05, 0) is 37.8 Å². The van der Waals surface area contributed by atoms with Crippen LogP contribution >= 0.6 is 0 Å². The quantitative estimate of drug-likeness (QED) is 0.560. The monoisotopic (exact) mass is 313 g/mol. The molecule has 0 bridgehead atoms. The molecule has 1 saturated carbocycles. The van der Waals surface area contributed by atoms with E-state index in [1.54, 1.807) is 31.4 Å². The molecule has 7 heteroatoms. The average molecular weight is 313 g/mol. The molecule has 1 unspecified atom stereocenters. The van der Waals surface area contributed by atoms with Crippen LogP contribution in [-0.2, 0) is 14.8 Å². The van der Waals surface area contributed by atoms with Crippen molar-refractivity contribution in [2.75, 3.05) is 25.7 Å². The summed E-state index contributed by atoms with van der Waals surface area (Å²) in [6, 6.07) is 6.64. The summed E-state index contributed by atoms with van der Waals surface area (Å²) in [5.74, 6) is 5.88. The Morgan fingerprint density at radius 1 is 1.43 bits per heavy atom. The number of nitrogens with two attached hydrogens (primary N) is 1. The van der Waals surface area contributed by atoms with Crippen LogP contribution in [0.1, 0.15) is 19.8 Å². The third-order valence-corrected chi connectivity index (χ3v) is 5.95. The van der Waals surface area contributed by atoms with Gasteiger partial charge in [0.1, 0.15) is 4.90 Å². The second-order valence-electron chi connectivity index (χ2n) is 5.33. The lowest BCUT2D eigenvalue weighted by Crippen LogP contribution is -2.42. The van der Waals surface area contributed by atoms with E-state index < -0.39 is 10.0 Å². The number of methoxy groups -OCH3 is 1. The predicted octanol–water partition coefficient (Wildman–Crippen LogP) is 1.41.